The van der Waals surface area contributed by atoms with Gasteiger partial charge in [-0.3, -0.25) is 9.69 Å². The van der Waals surface area contributed by atoms with Gasteiger partial charge < -0.3 is 9.64 Å². The van der Waals surface area contributed by atoms with Gasteiger partial charge in [-0.25, -0.2) is 19.9 Å². The number of piperidine rings is 1. The summed E-state index contributed by atoms with van der Waals surface area (Å²) < 4.78 is 5.77. The molecule has 166 valence electrons. The molecule has 0 bridgehead atoms. The maximum absolute atomic E-state index is 12.3. The fraction of sp³-hybridized carbons (Fsp3) is 0.375. The van der Waals surface area contributed by atoms with E-state index in [1.807, 2.05) is 25.1 Å². The Kier molecular flexibility index (Phi) is 6.70. The summed E-state index contributed by atoms with van der Waals surface area (Å²) >= 11 is 0. The molecule has 3 heterocycles. The van der Waals surface area contributed by atoms with Crippen molar-refractivity contribution in [2.45, 2.75) is 32.2 Å². The average molecular weight is 433 g/mol. The van der Waals surface area contributed by atoms with Gasteiger partial charge in [0.25, 0.3) is 5.91 Å². The minimum atomic E-state index is -0.0673. The molecule has 1 aromatic carbocycles. The van der Waals surface area contributed by atoms with Gasteiger partial charge in [0.15, 0.2) is 0 Å². The van der Waals surface area contributed by atoms with Crippen molar-refractivity contribution in [3.8, 4) is 11.8 Å². The molecule has 8 heteroatoms. The van der Waals surface area contributed by atoms with E-state index in [4.69, 9.17) is 4.74 Å². The maximum atomic E-state index is 12.3. The van der Waals surface area contributed by atoms with Crippen LogP contribution in [0.4, 0.5) is 0 Å². The zero-order valence-corrected chi connectivity index (χ0v) is 18.7. The lowest BCUT2D eigenvalue weighted by atomic mass is 9.96. The van der Waals surface area contributed by atoms with Crippen molar-refractivity contribution < 1.29 is 9.53 Å². The summed E-state index contributed by atoms with van der Waals surface area (Å²) in [6, 6.07) is 10.1. The van der Waals surface area contributed by atoms with Gasteiger partial charge in [0.2, 0.25) is 0 Å². The van der Waals surface area contributed by atoms with Crippen LogP contribution in [0.5, 0.6) is 11.8 Å². The molecule has 1 saturated heterocycles. The van der Waals surface area contributed by atoms with E-state index >= 15 is 0 Å². The van der Waals surface area contributed by atoms with E-state index in [1.165, 1.54) is 5.56 Å². The number of aryl methyl sites for hydroxylation is 1. The van der Waals surface area contributed by atoms with Crippen LogP contribution >= 0.6 is 0 Å². The Balaban J connectivity index is 1.42. The highest BCUT2D eigenvalue weighted by Crippen LogP contribution is 2.27. The second-order valence-corrected chi connectivity index (χ2v) is 8.28. The summed E-state index contributed by atoms with van der Waals surface area (Å²) in [5.74, 6) is 1.73. The Morgan fingerprint density at radius 2 is 2.00 bits per heavy atom. The van der Waals surface area contributed by atoms with Gasteiger partial charge in [0.05, 0.1) is 11.3 Å². The zero-order valence-electron chi connectivity index (χ0n) is 18.7. The van der Waals surface area contributed by atoms with Crippen LogP contribution in [0.25, 0.3) is 0 Å². The first kappa shape index (κ1) is 21.8. The first-order valence-corrected chi connectivity index (χ1v) is 10.8. The van der Waals surface area contributed by atoms with Gasteiger partial charge in [-0.2, -0.15) is 0 Å². The smallest absolute Gasteiger partial charge is 0.321 e. The Labute approximate surface area is 188 Å². The van der Waals surface area contributed by atoms with Crippen molar-refractivity contribution in [2.24, 2.45) is 0 Å². The quantitative estimate of drug-likeness (QED) is 0.590. The fourth-order valence-corrected chi connectivity index (χ4v) is 3.95. The molecule has 8 nitrogen and oxygen atoms in total. The number of aromatic nitrogens is 4. The molecule has 0 aliphatic carbocycles. The number of amides is 1. The standard InChI is InChI=1S/C24H28N6O2/c1-17-21(23(31)29(2)3)14-27-22(28-17)19-8-5-12-30(16-19)15-18-7-4-9-20(13-18)32-24-25-10-6-11-26-24/h4,6-7,9-11,13-14,19H,5,8,12,15-16H2,1-3H3/t19-/m1/s1. The zero-order chi connectivity index (χ0) is 22.5. The molecular formula is C24H28N6O2. The fourth-order valence-electron chi connectivity index (χ4n) is 3.95. The highest BCUT2D eigenvalue weighted by molar-refractivity contribution is 5.94. The van der Waals surface area contributed by atoms with Crippen LogP contribution in [-0.4, -0.2) is 62.8 Å². The Bertz CT molecular complexity index is 1070. The number of hydrogen-bond acceptors (Lipinski definition) is 7. The maximum Gasteiger partial charge on any atom is 0.321 e. The Morgan fingerprint density at radius 1 is 1.19 bits per heavy atom. The van der Waals surface area contributed by atoms with Gasteiger partial charge in [-0.1, -0.05) is 12.1 Å². The molecule has 0 spiro atoms. The molecule has 0 unspecified atom stereocenters. The molecular weight excluding hydrogens is 404 g/mol. The number of nitrogens with zero attached hydrogens (tertiary/aromatic N) is 6. The van der Waals surface area contributed by atoms with Crippen LogP contribution in [0.3, 0.4) is 0 Å². The molecule has 0 saturated carbocycles. The Morgan fingerprint density at radius 3 is 2.75 bits per heavy atom. The number of carbonyl (C=O) groups is 1. The van der Waals surface area contributed by atoms with Crippen molar-refractivity contribution >= 4 is 5.91 Å². The van der Waals surface area contributed by atoms with E-state index in [2.05, 4.69) is 30.9 Å². The van der Waals surface area contributed by atoms with E-state index in [0.717, 1.165) is 49.7 Å². The number of likely N-dealkylation sites (tertiary alicyclic amines) is 1. The Hall–Kier alpha value is -3.39. The van der Waals surface area contributed by atoms with E-state index in [1.54, 1.807) is 43.7 Å². The second kappa shape index (κ2) is 9.82. The third-order valence-electron chi connectivity index (χ3n) is 5.56. The average Bonchev–Trinajstić information content (AvgIpc) is 2.79. The molecule has 1 atom stereocenters. The summed E-state index contributed by atoms with van der Waals surface area (Å²) in [7, 11) is 3.48. The third-order valence-corrected chi connectivity index (χ3v) is 5.56. The lowest BCUT2D eigenvalue weighted by molar-refractivity contribution is 0.0825. The lowest BCUT2D eigenvalue weighted by Crippen LogP contribution is -2.34. The van der Waals surface area contributed by atoms with Crippen LogP contribution in [0.2, 0.25) is 0 Å². The topological polar surface area (TPSA) is 84.3 Å². The van der Waals surface area contributed by atoms with E-state index in [-0.39, 0.29) is 11.8 Å². The minimum absolute atomic E-state index is 0.0673. The number of hydrogen-bond donors (Lipinski definition) is 0. The van der Waals surface area contributed by atoms with Crippen molar-refractivity contribution in [2.75, 3.05) is 27.2 Å². The van der Waals surface area contributed by atoms with Crippen LogP contribution in [0.15, 0.2) is 48.9 Å². The van der Waals surface area contributed by atoms with Crippen molar-refractivity contribution in [1.82, 2.24) is 29.7 Å². The third kappa shape index (κ3) is 5.26. The summed E-state index contributed by atoms with van der Waals surface area (Å²) in [5.41, 5.74) is 2.47. The molecule has 1 aliphatic rings. The largest absolute Gasteiger partial charge is 0.424 e. The molecule has 1 aliphatic heterocycles. The molecule has 0 N–H and O–H groups in total. The van der Waals surface area contributed by atoms with Crippen LogP contribution in [0.1, 0.15) is 46.2 Å². The monoisotopic (exact) mass is 432 g/mol. The normalized spacial score (nSPS) is 16.5. The van der Waals surface area contributed by atoms with Crippen LogP contribution in [-0.2, 0) is 6.54 Å². The molecule has 1 fully saturated rings. The van der Waals surface area contributed by atoms with Gasteiger partial charge in [-0.15, -0.1) is 0 Å². The SMILES string of the molecule is Cc1nc([C@@H]2CCCN(Cc3cccc(Oc4ncccn4)c3)C2)ncc1C(=O)N(C)C. The molecule has 4 rings (SSSR count). The van der Waals surface area contributed by atoms with Crippen molar-refractivity contribution in [1.29, 1.82) is 0 Å². The second-order valence-electron chi connectivity index (χ2n) is 8.28. The van der Waals surface area contributed by atoms with E-state index < -0.39 is 0 Å². The first-order chi connectivity index (χ1) is 15.5. The highest BCUT2D eigenvalue weighted by Gasteiger charge is 2.25. The number of rotatable bonds is 6. The first-order valence-electron chi connectivity index (χ1n) is 10.8. The van der Waals surface area contributed by atoms with Crippen LogP contribution in [0, 0.1) is 6.92 Å². The lowest BCUT2D eigenvalue weighted by Gasteiger charge is -2.32. The van der Waals surface area contributed by atoms with Crippen molar-refractivity contribution in [3.05, 3.63) is 71.6 Å². The summed E-state index contributed by atoms with van der Waals surface area (Å²) in [4.78, 5) is 33.7. The summed E-state index contributed by atoms with van der Waals surface area (Å²) in [6.45, 7) is 4.61. The number of ether oxygens (including phenoxy) is 1. The van der Waals surface area contributed by atoms with E-state index in [0.29, 0.717) is 11.6 Å². The summed E-state index contributed by atoms with van der Waals surface area (Å²) in [5, 5.41) is 0. The van der Waals surface area contributed by atoms with Gasteiger partial charge >= 0.3 is 6.01 Å². The molecule has 2 aromatic heterocycles. The number of benzene rings is 1. The van der Waals surface area contributed by atoms with E-state index in [9.17, 15) is 4.79 Å². The predicted molar refractivity (Wildman–Crippen MR) is 121 cm³/mol. The molecule has 0 radical (unpaired) electrons. The molecule has 1 amide bonds. The van der Waals surface area contributed by atoms with Gasteiger partial charge in [-0.05, 0) is 50.1 Å². The van der Waals surface area contributed by atoms with Gasteiger partial charge in [0.1, 0.15) is 11.6 Å². The summed E-state index contributed by atoms with van der Waals surface area (Å²) in [6.07, 6.45) is 7.12. The number of carbonyl (C=O) groups excluding carboxylic acids is 1. The minimum Gasteiger partial charge on any atom is -0.424 e. The predicted octanol–water partition coefficient (Wildman–Crippen LogP) is 3.45. The highest BCUT2D eigenvalue weighted by atomic mass is 16.5. The van der Waals surface area contributed by atoms with Crippen LogP contribution < -0.4 is 4.74 Å². The molecule has 3 aromatic rings. The van der Waals surface area contributed by atoms with Crippen molar-refractivity contribution in [3.63, 3.8) is 0 Å². The van der Waals surface area contributed by atoms with Gasteiger partial charge in [0, 0.05) is 51.7 Å². The molecule has 32 heavy (non-hydrogen) atoms.